The van der Waals surface area contributed by atoms with E-state index in [1.807, 2.05) is 45.0 Å². The summed E-state index contributed by atoms with van der Waals surface area (Å²) >= 11 is 3.44. The van der Waals surface area contributed by atoms with E-state index >= 15 is 0 Å². The molecule has 2 N–H and O–H groups in total. The zero-order valence-electron chi connectivity index (χ0n) is 11.8. The zero-order valence-corrected chi connectivity index (χ0v) is 13.4. The van der Waals surface area contributed by atoms with Gasteiger partial charge in [0.05, 0.1) is 6.10 Å². The van der Waals surface area contributed by atoms with Gasteiger partial charge in [0.25, 0.3) is 0 Å². The van der Waals surface area contributed by atoms with Crippen molar-refractivity contribution in [2.75, 3.05) is 5.73 Å². The van der Waals surface area contributed by atoms with Crippen LogP contribution in [0.2, 0.25) is 0 Å². The largest absolute Gasteiger partial charge is 0.491 e. The molecule has 0 atom stereocenters. The van der Waals surface area contributed by atoms with Crippen molar-refractivity contribution in [2.24, 2.45) is 0 Å². The van der Waals surface area contributed by atoms with E-state index in [9.17, 15) is 0 Å². The smallest absolute Gasteiger partial charge is 0.133 e. The molecule has 0 aliphatic carbocycles. The number of nitrogens with two attached hydrogens (primary N) is 1. The fourth-order valence-corrected chi connectivity index (χ4v) is 2.14. The molecule has 0 saturated carbocycles. The van der Waals surface area contributed by atoms with Crippen molar-refractivity contribution < 1.29 is 9.47 Å². The Hall–Kier alpha value is -1.68. The fourth-order valence-electron chi connectivity index (χ4n) is 1.80. The Morgan fingerprint density at radius 1 is 1.05 bits per heavy atom. The van der Waals surface area contributed by atoms with Gasteiger partial charge in [0, 0.05) is 28.4 Å². The first kappa shape index (κ1) is 14.7. The molecule has 0 aliphatic rings. The Morgan fingerprint density at radius 3 is 2.45 bits per heavy atom. The van der Waals surface area contributed by atoms with Crippen LogP contribution in [0, 0.1) is 6.92 Å². The molecular weight excluding hydrogens is 318 g/mol. The summed E-state index contributed by atoms with van der Waals surface area (Å²) in [5.41, 5.74) is 7.56. The van der Waals surface area contributed by atoms with Crippen molar-refractivity contribution in [3.8, 4) is 17.2 Å². The molecule has 0 amide bonds. The Balaban J connectivity index is 2.28. The van der Waals surface area contributed by atoms with Crippen LogP contribution in [0.25, 0.3) is 0 Å². The Labute approximate surface area is 127 Å². The Morgan fingerprint density at radius 2 is 1.75 bits per heavy atom. The molecule has 3 nitrogen and oxygen atoms in total. The minimum atomic E-state index is 0.0947. The van der Waals surface area contributed by atoms with Gasteiger partial charge in [0.2, 0.25) is 0 Å². The minimum absolute atomic E-state index is 0.0947. The van der Waals surface area contributed by atoms with E-state index in [1.165, 1.54) is 0 Å². The van der Waals surface area contributed by atoms with Crippen molar-refractivity contribution in [3.63, 3.8) is 0 Å². The third kappa shape index (κ3) is 3.90. The first-order valence-corrected chi connectivity index (χ1v) is 7.24. The molecule has 0 spiro atoms. The average Bonchev–Trinajstić information content (AvgIpc) is 2.32. The second-order valence-corrected chi connectivity index (χ2v) is 5.83. The summed E-state index contributed by atoms with van der Waals surface area (Å²) < 4.78 is 12.5. The molecule has 0 fully saturated rings. The molecule has 0 bridgehead atoms. The van der Waals surface area contributed by atoms with Crippen LogP contribution in [0.15, 0.2) is 40.9 Å². The van der Waals surface area contributed by atoms with E-state index < -0.39 is 0 Å². The third-order valence-electron chi connectivity index (χ3n) is 2.65. The molecule has 2 rings (SSSR count). The van der Waals surface area contributed by atoms with Crippen molar-refractivity contribution in [1.82, 2.24) is 0 Å². The molecule has 2 aromatic carbocycles. The molecule has 20 heavy (non-hydrogen) atoms. The molecule has 0 aromatic heterocycles. The van der Waals surface area contributed by atoms with Gasteiger partial charge in [-0.1, -0.05) is 22.0 Å². The lowest BCUT2D eigenvalue weighted by Gasteiger charge is -2.14. The molecule has 0 saturated heterocycles. The summed E-state index contributed by atoms with van der Waals surface area (Å²) in [7, 11) is 0. The lowest BCUT2D eigenvalue weighted by atomic mass is 10.2. The molecule has 106 valence electrons. The summed E-state index contributed by atoms with van der Waals surface area (Å²) in [6.07, 6.45) is 0.0947. The van der Waals surface area contributed by atoms with Crippen LogP contribution in [0.4, 0.5) is 5.69 Å². The molecule has 0 radical (unpaired) electrons. The van der Waals surface area contributed by atoms with E-state index in [1.54, 1.807) is 12.1 Å². The standard InChI is InChI=1S/C16H18BrNO2/c1-10(2)19-14-7-13(18)8-15(9-14)20-16-6-12(17)5-4-11(16)3/h4-10H,18H2,1-3H3. The topological polar surface area (TPSA) is 44.5 Å². The summed E-state index contributed by atoms with van der Waals surface area (Å²) in [6, 6.07) is 11.3. The second-order valence-electron chi connectivity index (χ2n) is 4.92. The number of nitrogen functional groups attached to an aromatic ring is 1. The predicted molar refractivity (Wildman–Crippen MR) is 85.6 cm³/mol. The van der Waals surface area contributed by atoms with Crippen LogP contribution in [0.3, 0.4) is 0 Å². The number of benzene rings is 2. The fraction of sp³-hybridized carbons (Fsp3) is 0.250. The summed E-state index contributed by atoms with van der Waals surface area (Å²) in [6.45, 7) is 5.95. The third-order valence-corrected chi connectivity index (χ3v) is 3.15. The lowest BCUT2D eigenvalue weighted by Crippen LogP contribution is -2.06. The van der Waals surface area contributed by atoms with Gasteiger partial charge in [-0.2, -0.15) is 0 Å². The number of rotatable bonds is 4. The number of hydrogen-bond donors (Lipinski definition) is 1. The van der Waals surface area contributed by atoms with Crippen LogP contribution in [0.1, 0.15) is 19.4 Å². The van der Waals surface area contributed by atoms with Gasteiger partial charge < -0.3 is 15.2 Å². The number of aryl methyl sites for hydroxylation is 1. The van der Waals surface area contributed by atoms with E-state index in [0.29, 0.717) is 17.2 Å². The highest BCUT2D eigenvalue weighted by Crippen LogP contribution is 2.32. The van der Waals surface area contributed by atoms with Gasteiger partial charge >= 0.3 is 0 Å². The summed E-state index contributed by atoms with van der Waals surface area (Å²) in [5.74, 6) is 2.17. The van der Waals surface area contributed by atoms with Gasteiger partial charge in [0.1, 0.15) is 17.2 Å². The monoisotopic (exact) mass is 335 g/mol. The van der Waals surface area contributed by atoms with Crippen LogP contribution in [-0.2, 0) is 0 Å². The second kappa shape index (κ2) is 6.18. The zero-order chi connectivity index (χ0) is 14.7. The molecule has 0 heterocycles. The first-order valence-electron chi connectivity index (χ1n) is 6.45. The van der Waals surface area contributed by atoms with Gasteiger partial charge in [-0.15, -0.1) is 0 Å². The van der Waals surface area contributed by atoms with Crippen molar-refractivity contribution in [1.29, 1.82) is 0 Å². The summed E-state index contributed by atoms with van der Waals surface area (Å²) in [4.78, 5) is 0. The number of ether oxygens (including phenoxy) is 2. The normalized spacial score (nSPS) is 10.7. The maximum Gasteiger partial charge on any atom is 0.133 e. The quantitative estimate of drug-likeness (QED) is 0.806. The van der Waals surface area contributed by atoms with Crippen LogP contribution in [-0.4, -0.2) is 6.10 Å². The van der Waals surface area contributed by atoms with Crippen molar-refractivity contribution in [3.05, 3.63) is 46.4 Å². The first-order chi connectivity index (χ1) is 9.44. The highest BCUT2D eigenvalue weighted by Gasteiger charge is 2.06. The van der Waals surface area contributed by atoms with Gasteiger partial charge in [-0.25, -0.2) is 0 Å². The van der Waals surface area contributed by atoms with Crippen molar-refractivity contribution >= 4 is 21.6 Å². The number of anilines is 1. The Bertz CT molecular complexity index is 611. The molecule has 0 unspecified atom stereocenters. The molecular formula is C16H18BrNO2. The highest BCUT2D eigenvalue weighted by molar-refractivity contribution is 9.10. The van der Waals surface area contributed by atoms with Crippen LogP contribution in [0.5, 0.6) is 17.2 Å². The van der Waals surface area contributed by atoms with Crippen molar-refractivity contribution in [2.45, 2.75) is 26.9 Å². The van der Waals surface area contributed by atoms with Gasteiger partial charge in [-0.05, 0) is 38.5 Å². The minimum Gasteiger partial charge on any atom is -0.491 e. The van der Waals surface area contributed by atoms with E-state index in [-0.39, 0.29) is 6.10 Å². The predicted octanol–water partition coefficient (Wildman–Crippen LogP) is 4.92. The number of hydrogen-bond acceptors (Lipinski definition) is 3. The SMILES string of the molecule is Cc1ccc(Br)cc1Oc1cc(N)cc(OC(C)C)c1. The van der Waals surface area contributed by atoms with Gasteiger partial charge in [0.15, 0.2) is 0 Å². The average molecular weight is 336 g/mol. The lowest BCUT2D eigenvalue weighted by molar-refractivity contribution is 0.242. The maximum atomic E-state index is 5.90. The Kier molecular flexibility index (Phi) is 4.55. The maximum absolute atomic E-state index is 5.90. The van der Waals surface area contributed by atoms with E-state index in [4.69, 9.17) is 15.2 Å². The molecule has 0 aliphatic heterocycles. The van der Waals surface area contributed by atoms with Crippen LogP contribution < -0.4 is 15.2 Å². The van der Waals surface area contributed by atoms with Gasteiger partial charge in [-0.3, -0.25) is 0 Å². The van der Waals surface area contributed by atoms with Crippen LogP contribution >= 0.6 is 15.9 Å². The molecule has 2 aromatic rings. The highest BCUT2D eigenvalue weighted by atomic mass is 79.9. The summed E-state index contributed by atoms with van der Waals surface area (Å²) in [5, 5.41) is 0. The van der Waals surface area contributed by atoms with E-state index in [0.717, 1.165) is 15.8 Å². The van der Waals surface area contributed by atoms with E-state index in [2.05, 4.69) is 15.9 Å². The molecule has 4 heteroatoms. The number of halogens is 1.